The lowest BCUT2D eigenvalue weighted by atomic mass is 10.5. The van der Waals surface area contributed by atoms with Gasteiger partial charge >= 0.3 is 0 Å². The zero-order valence-electron chi connectivity index (χ0n) is 7.20. The van der Waals surface area contributed by atoms with Crippen LogP contribution in [0.15, 0.2) is 28.7 Å². The topological polar surface area (TPSA) is 39.2 Å². The van der Waals surface area contributed by atoms with Crippen LogP contribution in [0.25, 0.3) is 0 Å². The lowest BCUT2D eigenvalue weighted by molar-refractivity contribution is 0.532. The molecule has 0 amide bonds. The third-order valence-electron chi connectivity index (χ3n) is 1.39. The van der Waals surface area contributed by atoms with Gasteiger partial charge in [0.05, 0.1) is 5.75 Å². The van der Waals surface area contributed by atoms with E-state index in [0.717, 1.165) is 17.3 Å². The molecule has 0 atom stereocenters. The van der Waals surface area contributed by atoms with Crippen LogP contribution < -0.4 is 5.73 Å². The molecule has 0 bridgehead atoms. The van der Waals surface area contributed by atoms with Crippen LogP contribution in [0, 0.1) is 0 Å². The maximum Gasteiger partial charge on any atom is 0.193 e. The summed E-state index contributed by atoms with van der Waals surface area (Å²) in [6, 6.07) is 3.65. The van der Waals surface area contributed by atoms with Crippen molar-refractivity contribution in [1.29, 1.82) is 0 Å². The monoisotopic (exact) mass is 217 g/mol. The van der Waals surface area contributed by atoms with Crippen LogP contribution in [0.2, 0.25) is 5.22 Å². The molecule has 0 radical (unpaired) electrons. The van der Waals surface area contributed by atoms with Gasteiger partial charge in [-0.05, 0) is 23.7 Å². The molecule has 0 saturated carbocycles. The molecule has 72 valence electrons. The quantitative estimate of drug-likeness (QED) is 0.609. The number of rotatable bonds is 5. The Balaban J connectivity index is 2.16. The van der Waals surface area contributed by atoms with Crippen LogP contribution in [0.4, 0.5) is 0 Å². The van der Waals surface area contributed by atoms with Gasteiger partial charge < -0.3 is 10.2 Å². The zero-order valence-corrected chi connectivity index (χ0v) is 8.77. The van der Waals surface area contributed by atoms with Gasteiger partial charge in [0.15, 0.2) is 5.22 Å². The maximum absolute atomic E-state index is 5.62. The first kappa shape index (κ1) is 10.7. The molecule has 0 aliphatic carbocycles. The Morgan fingerprint density at radius 3 is 2.92 bits per heavy atom. The fourth-order valence-corrected chi connectivity index (χ4v) is 1.73. The first-order chi connectivity index (χ1) is 6.33. The molecular weight excluding hydrogens is 206 g/mol. The van der Waals surface area contributed by atoms with Crippen molar-refractivity contribution in [2.45, 2.75) is 5.75 Å². The molecule has 0 aromatic carbocycles. The van der Waals surface area contributed by atoms with Crippen LogP contribution in [-0.2, 0) is 5.75 Å². The van der Waals surface area contributed by atoms with Gasteiger partial charge in [0.2, 0.25) is 0 Å². The van der Waals surface area contributed by atoms with Crippen LogP contribution >= 0.6 is 23.4 Å². The van der Waals surface area contributed by atoms with Crippen LogP contribution in [0.3, 0.4) is 0 Å². The van der Waals surface area contributed by atoms with Crippen molar-refractivity contribution in [3.8, 4) is 0 Å². The summed E-state index contributed by atoms with van der Waals surface area (Å²) in [4.78, 5) is 0. The number of furan rings is 1. The van der Waals surface area contributed by atoms with Crippen molar-refractivity contribution in [3.05, 3.63) is 35.3 Å². The third-order valence-corrected chi connectivity index (χ3v) is 2.51. The van der Waals surface area contributed by atoms with E-state index in [4.69, 9.17) is 21.8 Å². The highest BCUT2D eigenvalue weighted by molar-refractivity contribution is 7.98. The summed E-state index contributed by atoms with van der Waals surface area (Å²) < 4.78 is 5.19. The van der Waals surface area contributed by atoms with Crippen molar-refractivity contribution in [2.75, 3.05) is 12.3 Å². The fourth-order valence-electron chi connectivity index (χ4n) is 0.821. The van der Waals surface area contributed by atoms with E-state index in [9.17, 15) is 0 Å². The molecule has 1 heterocycles. The van der Waals surface area contributed by atoms with E-state index < -0.39 is 0 Å². The predicted octanol–water partition coefficient (Wildman–Crippen LogP) is 2.68. The molecule has 2 nitrogen and oxygen atoms in total. The van der Waals surface area contributed by atoms with Crippen molar-refractivity contribution >= 4 is 23.4 Å². The minimum absolute atomic E-state index is 0.452. The summed E-state index contributed by atoms with van der Waals surface area (Å²) >= 11 is 7.38. The van der Waals surface area contributed by atoms with Gasteiger partial charge in [0, 0.05) is 12.3 Å². The average molecular weight is 218 g/mol. The molecule has 1 rings (SSSR count). The van der Waals surface area contributed by atoms with Crippen molar-refractivity contribution < 1.29 is 4.42 Å². The van der Waals surface area contributed by atoms with Crippen LogP contribution in [0.5, 0.6) is 0 Å². The Kier molecular flexibility index (Phi) is 5.05. The van der Waals surface area contributed by atoms with Gasteiger partial charge in [-0.15, -0.1) is 11.8 Å². The highest BCUT2D eigenvalue weighted by Crippen LogP contribution is 2.18. The molecule has 0 aliphatic rings. The van der Waals surface area contributed by atoms with E-state index in [0.29, 0.717) is 11.8 Å². The molecule has 1 aromatic heterocycles. The highest BCUT2D eigenvalue weighted by atomic mass is 35.5. The van der Waals surface area contributed by atoms with Gasteiger partial charge in [-0.3, -0.25) is 0 Å². The number of hydrogen-bond donors (Lipinski definition) is 1. The van der Waals surface area contributed by atoms with Crippen molar-refractivity contribution in [1.82, 2.24) is 0 Å². The van der Waals surface area contributed by atoms with Crippen LogP contribution in [0.1, 0.15) is 5.76 Å². The predicted molar refractivity (Wildman–Crippen MR) is 58.1 cm³/mol. The van der Waals surface area contributed by atoms with Crippen molar-refractivity contribution in [2.24, 2.45) is 5.73 Å². The molecule has 13 heavy (non-hydrogen) atoms. The van der Waals surface area contributed by atoms with Gasteiger partial charge in [-0.25, -0.2) is 0 Å². The minimum Gasteiger partial charge on any atom is -0.449 e. The second-order valence-corrected chi connectivity index (χ2v) is 3.83. The SMILES string of the molecule is NC/C=C/CSCc1ccc(Cl)o1. The van der Waals surface area contributed by atoms with E-state index in [-0.39, 0.29) is 0 Å². The smallest absolute Gasteiger partial charge is 0.193 e. The second kappa shape index (κ2) is 6.13. The van der Waals surface area contributed by atoms with E-state index in [1.54, 1.807) is 17.8 Å². The summed E-state index contributed by atoms with van der Waals surface area (Å²) in [7, 11) is 0. The largest absolute Gasteiger partial charge is 0.449 e. The summed E-state index contributed by atoms with van der Waals surface area (Å²) in [5, 5.41) is 0.452. The lowest BCUT2D eigenvalue weighted by Crippen LogP contribution is -1.92. The van der Waals surface area contributed by atoms with Gasteiger partial charge in [0.1, 0.15) is 5.76 Å². The number of hydrogen-bond acceptors (Lipinski definition) is 3. The summed E-state index contributed by atoms with van der Waals surface area (Å²) in [5.74, 6) is 2.72. The van der Waals surface area contributed by atoms with E-state index in [1.807, 2.05) is 12.1 Å². The molecule has 0 unspecified atom stereocenters. The summed E-state index contributed by atoms with van der Waals surface area (Å²) in [6.07, 6.45) is 4.00. The average Bonchev–Trinajstić information content (AvgIpc) is 2.51. The molecule has 4 heteroatoms. The van der Waals surface area contributed by atoms with E-state index in [1.165, 1.54) is 0 Å². The molecule has 0 aliphatic heterocycles. The fraction of sp³-hybridized carbons (Fsp3) is 0.333. The van der Waals surface area contributed by atoms with Gasteiger partial charge in [-0.1, -0.05) is 12.2 Å². The van der Waals surface area contributed by atoms with Crippen LogP contribution in [-0.4, -0.2) is 12.3 Å². The molecule has 0 spiro atoms. The Morgan fingerprint density at radius 1 is 1.46 bits per heavy atom. The first-order valence-electron chi connectivity index (χ1n) is 4.00. The normalized spacial score (nSPS) is 11.2. The van der Waals surface area contributed by atoms with Crippen molar-refractivity contribution in [3.63, 3.8) is 0 Å². The standard InChI is InChI=1S/C9H12ClNOS/c10-9-4-3-8(12-9)7-13-6-2-1-5-11/h1-4H,5-7,11H2/b2-1+. The number of halogens is 1. The summed E-state index contributed by atoms with van der Waals surface area (Å²) in [6.45, 7) is 0.604. The number of nitrogens with two attached hydrogens (primary N) is 1. The third kappa shape index (κ3) is 4.41. The Bertz CT molecular complexity index is 272. The summed E-state index contributed by atoms with van der Waals surface area (Å²) in [5.41, 5.74) is 5.29. The Hall–Kier alpha value is -0.380. The van der Waals surface area contributed by atoms with E-state index in [2.05, 4.69) is 6.08 Å². The second-order valence-electron chi connectivity index (χ2n) is 2.43. The Labute approximate surface area is 87.1 Å². The molecular formula is C9H12ClNOS. The number of thioether (sulfide) groups is 1. The zero-order chi connectivity index (χ0) is 9.52. The lowest BCUT2D eigenvalue weighted by Gasteiger charge is -1.93. The van der Waals surface area contributed by atoms with Gasteiger partial charge in [-0.2, -0.15) is 0 Å². The maximum atomic E-state index is 5.62. The highest BCUT2D eigenvalue weighted by Gasteiger charge is 1.97. The first-order valence-corrected chi connectivity index (χ1v) is 5.53. The van der Waals surface area contributed by atoms with E-state index >= 15 is 0 Å². The molecule has 0 saturated heterocycles. The Morgan fingerprint density at radius 2 is 2.31 bits per heavy atom. The molecule has 2 N–H and O–H groups in total. The molecule has 0 fully saturated rings. The van der Waals surface area contributed by atoms with Gasteiger partial charge in [0.25, 0.3) is 0 Å². The molecule has 1 aromatic rings. The minimum atomic E-state index is 0.452.